The molecule has 6 heteroatoms. The Morgan fingerprint density at radius 3 is 2.54 bits per heavy atom. The second-order valence-corrected chi connectivity index (χ2v) is 9.15. The molecule has 4 aromatic rings. The minimum absolute atomic E-state index is 0.0936. The van der Waals surface area contributed by atoms with Gasteiger partial charge in [-0.05, 0) is 62.1 Å². The lowest BCUT2D eigenvalue weighted by molar-refractivity contribution is 0.0507. The fourth-order valence-electron chi connectivity index (χ4n) is 4.76. The zero-order chi connectivity index (χ0) is 24.6. The van der Waals surface area contributed by atoms with Crippen LogP contribution in [-0.4, -0.2) is 18.2 Å². The highest BCUT2D eigenvalue weighted by molar-refractivity contribution is 6.13. The number of carbonyl (C=O) groups excluding carboxylic acids is 2. The van der Waals surface area contributed by atoms with E-state index in [0.717, 1.165) is 18.4 Å². The number of fused-ring (bicyclic) bond motifs is 3. The molecule has 0 unspecified atom stereocenters. The van der Waals surface area contributed by atoms with E-state index in [1.54, 1.807) is 31.2 Å². The van der Waals surface area contributed by atoms with E-state index >= 15 is 0 Å². The lowest BCUT2D eigenvalue weighted by Crippen LogP contribution is -2.36. The number of hydrogen-bond acceptors (Lipinski definition) is 4. The largest absolute Gasteiger partial charge is 0.482 e. The van der Waals surface area contributed by atoms with Gasteiger partial charge in [0, 0.05) is 17.5 Å². The molecule has 2 heterocycles. The molecule has 1 atom stereocenters. The van der Waals surface area contributed by atoms with E-state index in [4.69, 9.17) is 9.15 Å². The van der Waals surface area contributed by atoms with E-state index in [2.05, 4.69) is 17.4 Å². The van der Waals surface area contributed by atoms with Crippen molar-refractivity contribution in [3.8, 4) is 5.75 Å². The van der Waals surface area contributed by atoms with Crippen LogP contribution in [0.3, 0.4) is 0 Å². The van der Waals surface area contributed by atoms with Crippen molar-refractivity contribution < 1.29 is 23.1 Å². The molecule has 1 aliphatic heterocycles. The lowest BCUT2D eigenvalue weighted by Gasteiger charge is -2.35. The fraction of sp³-hybridized carbons (Fsp3) is 0.241. The number of ketones is 1. The van der Waals surface area contributed by atoms with Crippen molar-refractivity contribution in [2.24, 2.45) is 0 Å². The first-order valence-electron chi connectivity index (χ1n) is 11.7. The van der Waals surface area contributed by atoms with E-state index in [-0.39, 0.29) is 29.7 Å². The predicted octanol–water partition coefficient (Wildman–Crippen LogP) is 6.12. The van der Waals surface area contributed by atoms with Crippen LogP contribution in [0.4, 0.5) is 4.39 Å². The van der Waals surface area contributed by atoms with Crippen LogP contribution in [0, 0.1) is 12.7 Å². The van der Waals surface area contributed by atoms with Gasteiger partial charge in [-0.3, -0.25) is 9.59 Å². The Kier molecular flexibility index (Phi) is 5.89. The number of amides is 1. The Morgan fingerprint density at radius 2 is 1.80 bits per heavy atom. The Morgan fingerprint density at radius 1 is 1.06 bits per heavy atom. The van der Waals surface area contributed by atoms with E-state index in [9.17, 15) is 14.0 Å². The molecule has 0 saturated heterocycles. The summed E-state index contributed by atoms with van der Waals surface area (Å²) in [7, 11) is 0. The second-order valence-electron chi connectivity index (χ2n) is 9.15. The van der Waals surface area contributed by atoms with Crippen LogP contribution >= 0.6 is 0 Å². The smallest absolute Gasteiger partial charge is 0.287 e. The third kappa shape index (κ3) is 4.32. The van der Waals surface area contributed by atoms with Crippen molar-refractivity contribution in [3.05, 3.63) is 101 Å². The Labute approximate surface area is 202 Å². The highest BCUT2D eigenvalue weighted by Crippen LogP contribution is 2.44. The normalized spacial score (nSPS) is 17.2. The maximum Gasteiger partial charge on any atom is 0.287 e. The predicted molar refractivity (Wildman–Crippen MR) is 131 cm³/mol. The summed E-state index contributed by atoms with van der Waals surface area (Å²) in [4.78, 5) is 26.2. The zero-order valence-electron chi connectivity index (χ0n) is 19.7. The van der Waals surface area contributed by atoms with Gasteiger partial charge in [-0.2, -0.15) is 0 Å². The summed E-state index contributed by atoms with van der Waals surface area (Å²) in [6.07, 6.45) is 1.77. The molecule has 3 aromatic carbocycles. The van der Waals surface area contributed by atoms with Gasteiger partial charge in [-0.1, -0.05) is 42.5 Å². The van der Waals surface area contributed by atoms with Crippen molar-refractivity contribution in [1.29, 1.82) is 0 Å². The molecule has 1 N–H and O–H groups in total. The SMILES string of the molecule is Cc1c(C(=O)NCCCc2ccccc2)oc2ccc3c(c12)C(=O)C[C@](C)(c1ccc(F)cc1)O3. The molecule has 0 fully saturated rings. The third-order valence-corrected chi connectivity index (χ3v) is 6.60. The number of hydrogen-bond donors (Lipinski definition) is 1. The summed E-state index contributed by atoms with van der Waals surface area (Å²) < 4.78 is 25.6. The van der Waals surface area contributed by atoms with Gasteiger partial charge in [-0.15, -0.1) is 0 Å². The summed E-state index contributed by atoms with van der Waals surface area (Å²) in [6.45, 7) is 4.12. The number of halogens is 1. The van der Waals surface area contributed by atoms with Crippen molar-refractivity contribution in [2.45, 2.75) is 38.7 Å². The average Bonchev–Trinajstić information content (AvgIpc) is 3.19. The van der Waals surface area contributed by atoms with Gasteiger partial charge in [0.1, 0.15) is 22.8 Å². The van der Waals surface area contributed by atoms with Crippen molar-refractivity contribution in [3.63, 3.8) is 0 Å². The van der Waals surface area contributed by atoms with Gasteiger partial charge in [0.05, 0.1) is 12.0 Å². The van der Waals surface area contributed by atoms with E-state index in [0.29, 0.717) is 34.4 Å². The fourth-order valence-corrected chi connectivity index (χ4v) is 4.76. The monoisotopic (exact) mass is 471 g/mol. The van der Waals surface area contributed by atoms with Gasteiger partial charge in [0.25, 0.3) is 5.91 Å². The number of Topliss-reactive ketones (excluding diaryl/α,β-unsaturated/α-hetero) is 1. The van der Waals surface area contributed by atoms with Crippen LogP contribution < -0.4 is 10.1 Å². The minimum atomic E-state index is -0.915. The summed E-state index contributed by atoms with van der Waals surface area (Å²) in [6, 6.07) is 19.5. The van der Waals surface area contributed by atoms with Crippen LogP contribution in [0.1, 0.15) is 57.4 Å². The second kappa shape index (κ2) is 9.02. The lowest BCUT2D eigenvalue weighted by atomic mass is 9.84. The van der Waals surface area contributed by atoms with Crippen LogP contribution in [0.25, 0.3) is 11.0 Å². The Balaban J connectivity index is 1.37. The number of rotatable bonds is 6. The molecule has 5 rings (SSSR count). The quantitative estimate of drug-likeness (QED) is 0.344. The van der Waals surface area contributed by atoms with Gasteiger partial charge < -0.3 is 14.5 Å². The number of nitrogens with one attached hydrogen (secondary N) is 1. The molecular weight excluding hydrogens is 445 g/mol. The number of ether oxygens (including phenoxy) is 1. The first kappa shape index (κ1) is 22.8. The maximum absolute atomic E-state index is 13.4. The first-order valence-corrected chi connectivity index (χ1v) is 11.7. The number of carbonyl (C=O) groups is 2. The standard InChI is InChI=1S/C29H26FNO4/c1-18-25-23(34-27(18)28(33)31-16-6-9-19-7-4-3-5-8-19)14-15-24-26(25)22(32)17-29(2,35-24)20-10-12-21(30)13-11-20/h3-5,7-8,10-15H,6,9,16-17H2,1-2H3,(H,31,33)/t29-/m1/s1. The molecule has 0 saturated carbocycles. The summed E-state index contributed by atoms with van der Waals surface area (Å²) in [5.41, 5.74) is 2.53. The Hall–Kier alpha value is -3.93. The zero-order valence-corrected chi connectivity index (χ0v) is 19.7. The van der Waals surface area contributed by atoms with Crippen molar-refractivity contribution in [2.75, 3.05) is 6.54 Å². The molecule has 1 amide bonds. The number of aryl methyl sites for hydroxylation is 2. The molecule has 1 aliphatic rings. The van der Waals surface area contributed by atoms with Gasteiger partial charge in [0.15, 0.2) is 11.5 Å². The van der Waals surface area contributed by atoms with E-state index < -0.39 is 5.60 Å². The van der Waals surface area contributed by atoms with Gasteiger partial charge in [0.2, 0.25) is 0 Å². The van der Waals surface area contributed by atoms with Crippen LogP contribution in [0.2, 0.25) is 0 Å². The molecule has 35 heavy (non-hydrogen) atoms. The molecule has 1 aromatic heterocycles. The molecule has 0 bridgehead atoms. The molecule has 0 spiro atoms. The van der Waals surface area contributed by atoms with Crippen LogP contribution in [0.5, 0.6) is 5.75 Å². The molecule has 0 aliphatic carbocycles. The minimum Gasteiger partial charge on any atom is -0.482 e. The first-order chi connectivity index (χ1) is 16.9. The summed E-state index contributed by atoms with van der Waals surface area (Å²) in [5, 5.41) is 3.52. The van der Waals surface area contributed by atoms with Crippen LogP contribution in [0.15, 0.2) is 71.1 Å². The van der Waals surface area contributed by atoms with Crippen LogP contribution in [-0.2, 0) is 12.0 Å². The molecular formula is C29H26FNO4. The highest BCUT2D eigenvalue weighted by Gasteiger charge is 2.40. The molecule has 178 valence electrons. The number of furan rings is 1. The summed E-state index contributed by atoms with van der Waals surface area (Å²) in [5.74, 6) is -0.128. The maximum atomic E-state index is 13.4. The van der Waals surface area contributed by atoms with Gasteiger partial charge in [-0.25, -0.2) is 4.39 Å². The summed E-state index contributed by atoms with van der Waals surface area (Å²) >= 11 is 0. The topological polar surface area (TPSA) is 68.5 Å². The molecule has 0 radical (unpaired) electrons. The molecule has 5 nitrogen and oxygen atoms in total. The van der Waals surface area contributed by atoms with Crippen molar-refractivity contribution >= 4 is 22.7 Å². The number of benzene rings is 3. The van der Waals surface area contributed by atoms with Crippen molar-refractivity contribution in [1.82, 2.24) is 5.32 Å². The average molecular weight is 472 g/mol. The third-order valence-electron chi connectivity index (χ3n) is 6.60. The Bertz CT molecular complexity index is 1410. The highest BCUT2D eigenvalue weighted by atomic mass is 19.1. The van der Waals surface area contributed by atoms with E-state index in [1.165, 1.54) is 17.7 Å². The van der Waals surface area contributed by atoms with E-state index in [1.807, 2.05) is 25.1 Å². The van der Waals surface area contributed by atoms with Gasteiger partial charge >= 0.3 is 0 Å².